The summed E-state index contributed by atoms with van der Waals surface area (Å²) in [5.41, 5.74) is 0.578. The number of amides is 1. The van der Waals surface area contributed by atoms with Gasteiger partial charge < -0.3 is 15.7 Å². The van der Waals surface area contributed by atoms with Crippen LogP contribution in [0, 0.1) is 5.92 Å². The molecule has 0 heterocycles. The van der Waals surface area contributed by atoms with Crippen molar-refractivity contribution in [2.45, 2.75) is 31.9 Å². The topological polar surface area (TPSA) is 61.4 Å². The lowest BCUT2D eigenvalue weighted by molar-refractivity contribution is -0.134. The van der Waals surface area contributed by atoms with E-state index >= 15 is 0 Å². The molecule has 4 nitrogen and oxygen atoms in total. The highest BCUT2D eigenvalue weighted by Crippen LogP contribution is 2.40. The number of nitrogens with one attached hydrogen (secondary N) is 2. The van der Waals surface area contributed by atoms with E-state index in [9.17, 15) is 9.90 Å². The Bertz CT molecular complexity index is 439. The summed E-state index contributed by atoms with van der Waals surface area (Å²) in [7, 11) is 1.88. The first kappa shape index (κ1) is 13.1. The fourth-order valence-electron chi connectivity index (χ4n) is 2.05. The number of hydrogen-bond donors (Lipinski definition) is 3. The Hall–Kier alpha value is -1.39. The summed E-state index contributed by atoms with van der Waals surface area (Å²) in [6.45, 7) is 2.35. The van der Waals surface area contributed by atoms with Crippen molar-refractivity contribution in [1.82, 2.24) is 5.32 Å². The zero-order valence-electron chi connectivity index (χ0n) is 10.9. The molecule has 98 valence electrons. The smallest absolute Gasteiger partial charge is 0.256 e. The summed E-state index contributed by atoms with van der Waals surface area (Å²) in [6.07, 6.45) is 1.86. The van der Waals surface area contributed by atoms with Crippen molar-refractivity contribution in [3.05, 3.63) is 29.8 Å². The van der Waals surface area contributed by atoms with E-state index in [4.69, 9.17) is 0 Å². The summed E-state index contributed by atoms with van der Waals surface area (Å²) in [6, 6.07) is 7.64. The van der Waals surface area contributed by atoms with Crippen molar-refractivity contribution in [3.63, 3.8) is 0 Å². The SMILES string of the molecule is CNCc1cccc(NC(=O)C(C)(O)C2CC2)c1. The van der Waals surface area contributed by atoms with Crippen molar-refractivity contribution < 1.29 is 9.90 Å². The molecule has 18 heavy (non-hydrogen) atoms. The Labute approximate surface area is 107 Å². The van der Waals surface area contributed by atoms with E-state index in [-0.39, 0.29) is 11.8 Å². The first-order chi connectivity index (χ1) is 8.54. The van der Waals surface area contributed by atoms with Gasteiger partial charge in [-0.15, -0.1) is 0 Å². The van der Waals surface area contributed by atoms with Crippen LogP contribution in [0.2, 0.25) is 0 Å². The van der Waals surface area contributed by atoms with E-state index in [0.717, 1.165) is 30.6 Å². The molecule has 1 atom stereocenters. The third-order valence-corrected chi connectivity index (χ3v) is 3.40. The van der Waals surface area contributed by atoms with Crippen molar-refractivity contribution >= 4 is 11.6 Å². The van der Waals surface area contributed by atoms with E-state index in [0.29, 0.717) is 0 Å². The Kier molecular flexibility index (Phi) is 3.68. The van der Waals surface area contributed by atoms with Gasteiger partial charge >= 0.3 is 0 Å². The minimum Gasteiger partial charge on any atom is -0.380 e. The van der Waals surface area contributed by atoms with Crippen LogP contribution in [0.15, 0.2) is 24.3 Å². The van der Waals surface area contributed by atoms with Crippen molar-refractivity contribution in [2.24, 2.45) is 5.92 Å². The molecule has 1 aliphatic rings. The van der Waals surface area contributed by atoms with Gasteiger partial charge in [0.1, 0.15) is 5.60 Å². The highest BCUT2D eigenvalue weighted by atomic mass is 16.3. The number of carbonyl (C=O) groups is 1. The molecule has 0 spiro atoms. The molecule has 0 saturated heterocycles. The van der Waals surface area contributed by atoms with Gasteiger partial charge in [-0.25, -0.2) is 0 Å². The molecule has 0 aromatic heterocycles. The fourth-order valence-corrected chi connectivity index (χ4v) is 2.05. The zero-order valence-corrected chi connectivity index (χ0v) is 10.9. The maximum Gasteiger partial charge on any atom is 0.256 e. The van der Waals surface area contributed by atoms with E-state index < -0.39 is 5.60 Å². The molecule has 1 aromatic carbocycles. The highest BCUT2D eigenvalue weighted by Gasteiger charge is 2.45. The lowest BCUT2D eigenvalue weighted by atomic mass is 9.99. The van der Waals surface area contributed by atoms with Crippen LogP contribution in [-0.2, 0) is 11.3 Å². The molecule has 1 fully saturated rings. The normalized spacial score (nSPS) is 18.2. The second-order valence-corrected chi connectivity index (χ2v) is 5.11. The van der Waals surface area contributed by atoms with E-state index in [1.165, 1.54) is 0 Å². The highest BCUT2D eigenvalue weighted by molar-refractivity contribution is 5.97. The summed E-state index contributed by atoms with van der Waals surface area (Å²) in [5, 5.41) is 16.0. The summed E-state index contributed by atoms with van der Waals surface area (Å²) >= 11 is 0. The Morgan fingerprint density at radius 1 is 1.50 bits per heavy atom. The molecule has 4 heteroatoms. The average molecular weight is 248 g/mol. The second-order valence-electron chi connectivity index (χ2n) is 5.11. The molecule has 3 N–H and O–H groups in total. The number of benzene rings is 1. The van der Waals surface area contributed by atoms with Crippen molar-refractivity contribution in [1.29, 1.82) is 0 Å². The molecule has 1 aromatic rings. The van der Waals surface area contributed by atoms with Crippen molar-refractivity contribution in [2.75, 3.05) is 12.4 Å². The first-order valence-electron chi connectivity index (χ1n) is 6.31. The Balaban J connectivity index is 2.04. The molecular weight excluding hydrogens is 228 g/mol. The third-order valence-electron chi connectivity index (χ3n) is 3.40. The van der Waals surface area contributed by atoms with Crippen LogP contribution in [0.25, 0.3) is 0 Å². The minimum absolute atomic E-state index is 0.109. The second kappa shape index (κ2) is 5.08. The number of aliphatic hydroxyl groups is 1. The number of carbonyl (C=O) groups excluding carboxylic acids is 1. The largest absolute Gasteiger partial charge is 0.380 e. The van der Waals surface area contributed by atoms with Gasteiger partial charge in [0.05, 0.1) is 0 Å². The molecule has 0 aliphatic heterocycles. The monoisotopic (exact) mass is 248 g/mol. The first-order valence-corrected chi connectivity index (χ1v) is 6.31. The summed E-state index contributed by atoms with van der Waals surface area (Å²) in [5.74, 6) is -0.204. The number of rotatable bonds is 5. The molecule has 0 bridgehead atoms. The quantitative estimate of drug-likeness (QED) is 0.740. The predicted octanol–water partition coefficient (Wildman–Crippen LogP) is 1.51. The van der Waals surface area contributed by atoms with Gasteiger partial charge in [0.2, 0.25) is 0 Å². The number of anilines is 1. The molecule has 0 radical (unpaired) electrons. The van der Waals surface area contributed by atoms with Gasteiger partial charge in [-0.05, 0) is 50.4 Å². The maximum atomic E-state index is 12.0. The summed E-state index contributed by atoms with van der Waals surface area (Å²) in [4.78, 5) is 12.0. The van der Waals surface area contributed by atoms with Crippen LogP contribution in [0.5, 0.6) is 0 Å². The maximum absolute atomic E-state index is 12.0. The molecule has 2 rings (SSSR count). The molecule has 1 saturated carbocycles. The van der Waals surface area contributed by atoms with Crippen LogP contribution in [0.3, 0.4) is 0 Å². The predicted molar refractivity (Wildman–Crippen MR) is 71.2 cm³/mol. The van der Waals surface area contributed by atoms with Crippen LogP contribution in [0.1, 0.15) is 25.3 Å². The molecule has 1 unspecified atom stereocenters. The van der Waals surface area contributed by atoms with Gasteiger partial charge in [-0.3, -0.25) is 4.79 Å². The fraction of sp³-hybridized carbons (Fsp3) is 0.500. The van der Waals surface area contributed by atoms with Crippen LogP contribution in [0.4, 0.5) is 5.69 Å². The van der Waals surface area contributed by atoms with Gasteiger partial charge in [0.15, 0.2) is 0 Å². The Morgan fingerprint density at radius 3 is 2.83 bits per heavy atom. The van der Waals surface area contributed by atoms with E-state index in [1.54, 1.807) is 6.92 Å². The standard InChI is InChI=1S/C14H20N2O2/c1-14(18,11-6-7-11)13(17)16-12-5-3-4-10(8-12)9-15-2/h3-5,8,11,15,18H,6-7,9H2,1-2H3,(H,16,17). The van der Waals surface area contributed by atoms with Crippen LogP contribution < -0.4 is 10.6 Å². The lowest BCUT2D eigenvalue weighted by Crippen LogP contribution is -2.42. The van der Waals surface area contributed by atoms with Crippen LogP contribution >= 0.6 is 0 Å². The van der Waals surface area contributed by atoms with Crippen molar-refractivity contribution in [3.8, 4) is 0 Å². The van der Waals surface area contributed by atoms with Gasteiger partial charge in [-0.1, -0.05) is 12.1 Å². The average Bonchev–Trinajstić information content (AvgIpc) is 3.13. The van der Waals surface area contributed by atoms with E-state index in [2.05, 4.69) is 10.6 Å². The molecule has 1 amide bonds. The van der Waals surface area contributed by atoms with Gasteiger partial charge in [-0.2, -0.15) is 0 Å². The van der Waals surface area contributed by atoms with Gasteiger partial charge in [0.25, 0.3) is 5.91 Å². The summed E-state index contributed by atoms with van der Waals surface area (Å²) < 4.78 is 0. The number of hydrogen-bond acceptors (Lipinski definition) is 3. The minimum atomic E-state index is -1.25. The third kappa shape index (κ3) is 2.89. The Morgan fingerprint density at radius 2 is 2.22 bits per heavy atom. The lowest BCUT2D eigenvalue weighted by Gasteiger charge is -2.22. The molecule has 1 aliphatic carbocycles. The van der Waals surface area contributed by atoms with Gasteiger partial charge in [0, 0.05) is 12.2 Å². The van der Waals surface area contributed by atoms with Crippen LogP contribution in [-0.4, -0.2) is 23.7 Å². The zero-order chi connectivity index (χ0) is 13.2. The van der Waals surface area contributed by atoms with E-state index in [1.807, 2.05) is 31.3 Å². The molecular formula is C14H20N2O2.